The predicted octanol–water partition coefficient (Wildman–Crippen LogP) is 3.48. The quantitative estimate of drug-likeness (QED) is 0.353. The van der Waals surface area contributed by atoms with Crippen molar-refractivity contribution in [1.29, 1.82) is 0 Å². The molecule has 0 rings (SSSR count). The molecular formula is C14H26O3. The van der Waals surface area contributed by atoms with Crippen molar-refractivity contribution < 1.29 is 14.3 Å². The molecule has 0 aromatic heterocycles. The zero-order chi connectivity index (χ0) is 13.1. The second-order valence-electron chi connectivity index (χ2n) is 5.09. The molecule has 0 saturated carbocycles. The third-order valence-electron chi connectivity index (χ3n) is 2.07. The van der Waals surface area contributed by atoms with E-state index >= 15 is 0 Å². The Hall–Kier alpha value is -0.830. The summed E-state index contributed by atoms with van der Waals surface area (Å²) in [6.45, 7) is 10.5. The lowest BCUT2D eigenvalue weighted by molar-refractivity contribution is -0.156. The maximum absolute atomic E-state index is 11.3. The molecule has 0 unspecified atom stereocenters. The summed E-state index contributed by atoms with van der Waals surface area (Å²) in [6.07, 6.45) is 6.70. The largest absolute Gasteiger partial charge is 0.460 e. The normalized spacial score (nSPS) is 11.2. The van der Waals surface area contributed by atoms with Crippen LogP contribution in [0.5, 0.6) is 0 Å². The SMILES string of the molecule is C=CCCCCCOCCC(=O)OC(C)(C)C. The molecule has 0 bridgehead atoms. The van der Waals surface area contributed by atoms with Crippen LogP contribution in [0.3, 0.4) is 0 Å². The van der Waals surface area contributed by atoms with Gasteiger partial charge in [-0.05, 0) is 40.0 Å². The van der Waals surface area contributed by atoms with Crippen LogP contribution in [0.4, 0.5) is 0 Å². The minimum Gasteiger partial charge on any atom is -0.460 e. The Balaban J connectivity index is 3.28. The summed E-state index contributed by atoms with van der Waals surface area (Å²) in [5.41, 5.74) is -0.401. The zero-order valence-corrected chi connectivity index (χ0v) is 11.5. The van der Waals surface area contributed by atoms with E-state index in [2.05, 4.69) is 6.58 Å². The summed E-state index contributed by atoms with van der Waals surface area (Å²) in [7, 11) is 0. The maximum atomic E-state index is 11.3. The Morgan fingerprint density at radius 2 is 1.88 bits per heavy atom. The minimum absolute atomic E-state index is 0.191. The van der Waals surface area contributed by atoms with Gasteiger partial charge in [0.15, 0.2) is 0 Å². The topological polar surface area (TPSA) is 35.5 Å². The van der Waals surface area contributed by atoms with Gasteiger partial charge in [0.1, 0.15) is 5.60 Å². The highest BCUT2D eigenvalue weighted by Gasteiger charge is 2.15. The van der Waals surface area contributed by atoms with Crippen molar-refractivity contribution in [2.45, 2.75) is 58.5 Å². The average Bonchev–Trinajstić information content (AvgIpc) is 2.19. The molecule has 0 aliphatic carbocycles. The molecule has 3 nitrogen and oxygen atoms in total. The molecule has 0 spiro atoms. The van der Waals surface area contributed by atoms with Crippen molar-refractivity contribution in [2.24, 2.45) is 0 Å². The first-order valence-corrected chi connectivity index (χ1v) is 6.36. The third-order valence-corrected chi connectivity index (χ3v) is 2.07. The fraction of sp³-hybridized carbons (Fsp3) is 0.786. The molecule has 3 heteroatoms. The van der Waals surface area contributed by atoms with Crippen LogP contribution in [0.15, 0.2) is 12.7 Å². The summed E-state index contributed by atoms with van der Waals surface area (Å²) in [6, 6.07) is 0. The Labute approximate surface area is 105 Å². The smallest absolute Gasteiger partial charge is 0.308 e. The van der Waals surface area contributed by atoms with Crippen molar-refractivity contribution in [3.63, 3.8) is 0 Å². The van der Waals surface area contributed by atoms with Crippen LogP contribution in [-0.4, -0.2) is 24.8 Å². The van der Waals surface area contributed by atoms with Gasteiger partial charge in [-0.15, -0.1) is 6.58 Å². The van der Waals surface area contributed by atoms with Crippen molar-refractivity contribution in [2.75, 3.05) is 13.2 Å². The summed E-state index contributed by atoms with van der Waals surface area (Å²) >= 11 is 0. The van der Waals surface area contributed by atoms with Crippen LogP contribution >= 0.6 is 0 Å². The van der Waals surface area contributed by atoms with E-state index in [0.717, 1.165) is 25.9 Å². The lowest BCUT2D eigenvalue weighted by atomic mass is 10.2. The molecule has 0 aliphatic heterocycles. The Kier molecular flexibility index (Phi) is 8.78. The number of carbonyl (C=O) groups is 1. The number of hydrogen-bond donors (Lipinski definition) is 0. The van der Waals surface area contributed by atoms with Crippen molar-refractivity contribution in [1.82, 2.24) is 0 Å². The molecule has 0 heterocycles. The molecule has 0 amide bonds. The first kappa shape index (κ1) is 16.2. The van der Waals surface area contributed by atoms with E-state index in [1.165, 1.54) is 6.42 Å². The van der Waals surface area contributed by atoms with Gasteiger partial charge in [0.05, 0.1) is 13.0 Å². The van der Waals surface area contributed by atoms with Gasteiger partial charge >= 0.3 is 5.97 Å². The van der Waals surface area contributed by atoms with Gasteiger partial charge in [-0.25, -0.2) is 0 Å². The summed E-state index contributed by atoms with van der Waals surface area (Å²) < 4.78 is 10.5. The van der Waals surface area contributed by atoms with Gasteiger partial charge in [0.2, 0.25) is 0 Å². The number of unbranched alkanes of at least 4 members (excludes halogenated alkanes) is 3. The molecule has 0 aromatic carbocycles. The first-order chi connectivity index (χ1) is 7.95. The summed E-state index contributed by atoms with van der Waals surface area (Å²) in [5, 5.41) is 0. The highest BCUT2D eigenvalue weighted by molar-refractivity contribution is 5.69. The Morgan fingerprint density at radius 1 is 1.18 bits per heavy atom. The number of allylic oxidation sites excluding steroid dienone is 1. The zero-order valence-electron chi connectivity index (χ0n) is 11.5. The van der Waals surface area contributed by atoms with Gasteiger partial charge in [-0.1, -0.05) is 12.5 Å². The second kappa shape index (κ2) is 9.23. The van der Waals surface area contributed by atoms with E-state index in [9.17, 15) is 4.79 Å². The van der Waals surface area contributed by atoms with E-state index < -0.39 is 5.60 Å². The number of hydrogen-bond acceptors (Lipinski definition) is 3. The van der Waals surface area contributed by atoms with Crippen LogP contribution < -0.4 is 0 Å². The van der Waals surface area contributed by atoms with Gasteiger partial charge in [-0.3, -0.25) is 4.79 Å². The van der Waals surface area contributed by atoms with E-state index in [4.69, 9.17) is 9.47 Å². The molecule has 0 aliphatic rings. The lowest BCUT2D eigenvalue weighted by Crippen LogP contribution is -2.24. The number of carbonyl (C=O) groups excluding carboxylic acids is 1. The summed E-state index contributed by atoms with van der Waals surface area (Å²) in [5.74, 6) is -0.191. The van der Waals surface area contributed by atoms with E-state index in [1.807, 2.05) is 26.8 Å². The van der Waals surface area contributed by atoms with E-state index in [0.29, 0.717) is 13.0 Å². The van der Waals surface area contributed by atoms with Crippen LogP contribution in [0.25, 0.3) is 0 Å². The van der Waals surface area contributed by atoms with Gasteiger partial charge in [0, 0.05) is 6.61 Å². The predicted molar refractivity (Wildman–Crippen MR) is 69.9 cm³/mol. The molecule has 100 valence electrons. The van der Waals surface area contributed by atoms with Crippen LogP contribution in [0.1, 0.15) is 52.9 Å². The van der Waals surface area contributed by atoms with Crippen molar-refractivity contribution in [3.8, 4) is 0 Å². The standard InChI is InChI=1S/C14H26O3/c1-5-6-7-8-9-11-16-12-10-13(15)17-14(2,3)4/h5H,1,6-12H2,2-4H3. The van der Waals surface area contributed by atoms with Crippen LogP contribution in [-0.2, 0) is 14.3 Å². The molecule has 17 heavy (non-hydrogen) atoms. The Bertz CT molecular complexity index is 216. The highest BCUT2D eigenvalue weighted by Crippen LogP contribution is 2.08. The molecule has 0 fully saturated rings. The number of esters is 1. The maximum Gasteiger partial charge on any atom is 0.308 e. The number of ether oxygens (including phenoxy) is 2. The third kappa shape index (κ3) is 13.1. The molecule has 0 saturated heterocycles. The van der Waals surface area contributed by atoms with Crippen molar-refractivity contribution >= 4 is 5.97 Å². The molecular weight excluding hydrogens is 216 g/mol. The fourth-order valence-corrected chi connectivity index (χ4v) is 1.32. The fourth-order valence-electron chi connectivity index (χ4n) is 1.32. The van der Waals surface area contributed by atoms with Gasteiger partial charge < -0.3 is 9.47 Å². The molecule has 0 radical (unpaired) electrons. The highest BCUT2D eigenvalue weighted by atomic mass is 16.6. The Morgan fingerprint density at radius 3 is 2.47 bits per heavy atom. The van der Waals surface area contributed by atoms with Crippen LogP contribution in [0.2, 0.25) is 0 Å². The first-order valence-electron chi connectivity index (χ1n) is 6.36. The van der Waals surface area contributed by atoms with Gasteiger partial charge in [-0.2, -0.15) is 0 Å². The average molecular weight is 242 g/mol. The monoisotopic (exact) mass is 242 g/mol. The minimum atomic E-state index is -0.401. The van der Waals surface area contributed by atoms with E-state index in [-0.39, 0.29) is 5.97 Å². The molecule has 0 aromatic rings. The van der Waals surface area contributed by atoms with Crippen molar-refractivity contribution in [3.05, 3.63) is 12.7 Å². The van der Waals surface area contributed by atoms with Gasteiger partial charge in [0.25, 0.3) is 0 Å². The number of rotatable bonds is 9. The van der Waals surface area contributed by atoms with Crippen LogP contribution in [0, 0.1) is 0 Å². The lowest BCUT2D eigenvalue weighted by Gasteiger charge is -2.19. The van der Waals surface area contributed by atoms with E-state index in [1.54, 1.807) is 0 Å². The summed E-state index contributed by atoms with van der Waals surface area (Å²) in [4.78, 5) is 11.3. The molecule has 0 atom stereocenters. The second-order valence-corrected chi connectivity index (χ2v) is 5.09. The molecule has 0 N–H and O–H groups in total.